The number of ether oxygens (including phenoxy) is 1. The summed E-state index contributed by atoms with van der Waals surface area (Å²) in [6.45, 7) is 2.15. The van der Waals surface area contributed by atoms with Gasteiger partial charge in [0.15, 0.2) is 5.90 Å². The van der Waals surface area contributed by atoms with E-state index in [2.05, 4.69) is 4.74 Å². The highest BCUT2D eigenvalue weighted by Crippen LogP contribution is 1.83. The first-order valence-corrected chi connectivity index (χ1v) is 2.65. The fraction of sp³-hybridized carbons (Fsp3) is 0.600. The van der Waals surface area contributed by atoms with Crippen LogP contribution < -0.4 is 5.73 Å². The molecule has 0 aromatic rings. The standard InChI is InChI=1S/C5H10N2O2.ClH/c1-2-9-5(7)3-4(6)8;/h7H,2-3H2,1H3,(H2,6,8);1H. The third-order valence-corrected chi connectivity index (χ3v) is 0.653. The smallest absolute Gasteiger partial charge is 0.226 e. The number of hydrogen-bond acceptors (Lipinski definition) is 3. The van der Waals surface area contributed by atoms with Gasteiger partial charge in [-0.3, -0.25) is 10.2 Å². The number of carbonyl (C=O) groups excluding carboxylic acids is 1. The van der Waals surface area contributed by atoms with Crippen molar-refractivity contribution >= 4 is 24.2 Å². The van der Waals surface area contributed by atoms with Crippen LogP contribution in [0.15, 0.2) is 0 Å². The van der Waals surface area contributed by atoms with Crippen molar-refractivity contribution in [1.29, 1.82) is 5.41 Å². The lowest BCUT2D eigenvalue weighted by atomic mass is 10.4. The number of primary amides is 1. The minimum atomic E-state index is -0.534. The van der Waals surface area contributed by atoms with Crippen LogP contribution in [0.4, 0.5) is 0 Å². The van der Waals surface area contributed by atoms with E-state index in [1.54, 1.807) is 6.92 Å². The van der Waals surface area contributed by atoms with Crippen LogP contribution in [-0.2, 0) is 9.53 Å². The van der Waals surface area contributed by atoms with Crippen LogP contribution >= 0.6 is 12.4 Å². The minimum Gasteiger partial charge on any atom is -0.481 e. The number of nitrogens with two attached hydrogens (primary N) is 1. The number of rotatable bonds is 3. The van der Waals surface area contributed by atoms with Crippen molar-refractivity contribution in [2.45, 2.75) is 13.3 Å². The first-order chi connectivity index (χ1) is 4.16. The molecule has 0 fully saturated rings. The summed E-state index contributed by atoms with van der Waals surface area (Å²) in [5.41, 5.74) is 4.76. The summed E-state index contributed by atoms with van der Waals surface area (Å²) in [6.07, 6.45) is -0.103. The van der Waals surface area contributed by atoms with Gasteiger partial charge in [0.25, 0.3) is 0 Å². The summed E-state index contributed by atoms with van der Waals surface area (Å²) in [7, 11) is 0. The summed E-state index contributed by atoms with van der Waals surface area (Å²) < 4.78 is 4.64. The van der Waals surface area contributed by atoms with E-state index < -0.39 is 5.91 Å². The van der Waals surface area contributed by atoms with Crippen LogP contribution in [0.3, 0.4) is 0 Å². The van der Waals surface area contributed by atoms with Crippen molar-refractivity contribution < 1.29 is 9.53 Å². The lowest BCUT2D eigenvalue weighted by Crippen LogP contribution is -2.17. The number of halogens is 1. The van der Waals surface area contributed by atoms with E-state index in [4.69, 9.17) is 11.1 Å². The van der Waals surface area contributed by atoms with Crippen LogP contribution in [0.1, 0.15) is 13.3 Å². The van der Waals surface area contributed by atoms with Gasteiger partial charge in [-0.25, -0.2) is 0 Å². The van der Waals surface area contributed by atoms with Gasteiger partial charge in [0.2, 0.25) is 5.91 Å². The molecule has 0 rings (SSSR count). The molecular formula is C5H11ClN2O2. The summed E-state index contributed by atoms with van der Waals surface area (Å²) >= 11 is 0. The summed E-state index contributed by atoms with van der Waals surface area (Å²) in [4.78, 5) is 10.1. The van der Waals surface area contributed by atoms with Gasteiger partial charge in [-0.1, -0.05) is 0 Å². The Bertz CT molecular complexity index is 127. The minimum absolute atomic E-state index is 0. The lowest BCUT2D eigenvalue weighted by Gasteiger charge is -1.99. The van der Waals surface area contributed by atoms with Gasteiger partial charge in [-0.2, -0.15) is 0 Å². The molecule has 0 atom stereocenters. The molecule has 0 bridgehead atoms. The highest BCUT2D eigenvalue weighted by Gasteiger charge is 1.99. The first-order valence-electron chi connectivity index (χ1n) is 2.65. The summed E-state index contributed by atoms with van der Waals surface area (Å²) in [5, 5.41) is 6.90. The van der Waals surface area contributed by atoms with E-state index in [1.807, 2.05) is 0 Å². The van der Waals surface area contributed by atoms with Crippen LogP contribution in [-0.4, -0.2) is 18.4 Å². The predicted octanol–water partition coefficient (Wildman–Crippen LogP) is 0.297. The highest BCUT2D eigenvalue weighted by molar-refractivity contribution is 5.94. The molecule has 0 aromatic carbocycles. The predicted molar refractivity (Wildman–Crippen MR) is 40.4 cm³/mol. The second-order valence-electron chi connectivity index (χ2n) is 1.50. The monoisotopic (exact) mass is 166 g/mol. The Labute approximate surface area is 65.7 Å². The number of amides is 1. The van der Waals surface area contributed by atoms with Crippen molar-refractivity contribution in [3.8, 4) is 0 Å². The summed E-state index contributed by atoms with van der Waals surface area (Å²) in [5.74, 6) is -0.599. The lowest BCUT2D eigenvalue weighted by molar-refractivity contribution is -0.117. The molecule has 0 spiro atoms. The second-order valence-corrected chi connectivity index (χ2v) is 1.50. The molecule has 0 aliphatic heterocycles. The first kappa shape index (κ1) is 12.0. The van der Waals surface area contributed by atoms with E-state index in [0.29, 0.717) is 6.61 Å². The van der Waals surface area contributed by atoms with Crippen molar-refractivity contribution in [1.82, 2.24) is 0 Å². The molecular weight excluding hydrogens is 156 g/mol. The third-order valence-electron chi connectivity index (χ3n) is 0.653. The molecule has 0 saturated carbocycles. The Morgan fingerprint density at radius 3 is 2.50 bits per heavy atom. The fourth-order valence-corrected chi connectivity index (χ4v) is 0.384. The largest absolute Gasteiger partial charge is 0.481 e. The van der Waals surface area contributed by atoms with Crippen LogP contribution in [0.25, 0.3) is 0 Å². The Kier molecular flexibility index (Phi) is 7.60. The quantitative estimate of drug-likeness (QED) is 0.467. The van der Waals surface area contributed by atoms with Gasteiger partial charge in [0, 0.05) is 0 Å². The second kappa shape index (κ2) is 6.35. The topological polar surface area (TPSA) is 76.2 Å². The molecule has 3 N–H and O–H groups in total. The Morgan fingerprint density at radius 2 is 2.20 bits per heavy atom. The van der Waals surface area contributed by atoms with Gasteiger partial charge in [0.05, 0.1) is 6.61 Å². The zero-order chi connectivity index (χ0) is 7.28. The molecule has 1 amide bonds. The van der Waals surface area contributed by atoms with E-state index in [0.717, 1.165) is 0 Å². The van der Waals surface area contributed by atoms with Crippen molar-refractivity contribution in [3.05, 3.63) is 0 Å². The van der Waals surface area contributed by atoms with E-state index in [-0.39, 0.29) is 24.7 Å². The normalized spacial score (nSPS) is 7.70. The highest BCUT2D eigenvalue weighted by atomic mass is 35.5. The van der Waals surface area contributed by atoms with Crippen molar-refractivity contribution in [2.75, 3.05) is 6.61 Å². The summed E-state index contributed by atoms with van der Waals surface area (Å²) in [6, 6.07) is 0. The Hall–Kier alpha value is -0.770. The van der Waals surface area contributed by atoms with Gasteiger partial charge in [-0.05, 0) is 6.92 Å². The van der Waals surface area contributed by atoms with Crippen molar-refractivity contribution in [3.63, 3.8) is 0 Å². The molecule has 0 radical (unpaired) electrons. The maximum Gasteiger partial charge on any atom is 0.226 e. The molecule has 5 heteroatoms. The van der Waals surface area contributed by atoms with Gasteiger partial charge in [0.1, 0.15) is 6.42 Å². The third kappa shape index (κ3) is 7.23. The molecule has 0 heterocycles. The molecule has 10 heavy (non-hydrogen) atoms. The molecule has 0 saturated heterocycles. The van der Waals surface area contributed by atoms with Gasteiger partial charge in [-0.15, -0.1) is 12.4 Å². The Morgan fingerprint density at radius 1 is 1.70 bits per heavy atom. The molecule has 0 aliphatic rings. The van der Waals surface area contributed by atoms with Crippen LogP contribution in [0.2, 0.25) is 0 Å². The van der Waals surface area contributed by atoms with E-state index in [9.17, 15) is 4.79 Å². The molecule has 0 unspecified atom stereocenters. The van der Waals surface area contributed by atoms with Gasteiger partial charge >= 0.3 is 0 Å². The zero-order valence-corrected chi connectivity index (χ0v) is 6.53. The van der Waals surface area contributed by atoms with E-state index >= 15 is 0 Å². The maximum atomic E-state index is 10.1. The Balaban J connectivity index is 0. The number of carbonyl (C=O) groups is 1. The molecule has 4 nitrogen and oxygen atoms in total. The van der Waals surface area contributed by atoms with Crippen molar-refractivity contribution in [2.24, 2.45) is 5.73 Å². The average molecular weight is 167 g/mol. The van der Waals surface area contributed by atoms with E-state index in [1.165, 1.54) is 0 Å². The van der Waals surface area contributed by atoms with Crippen LogP contribution in [0.5, 0.6) is 0 Å². The number of hydrogen-bond donors (Lipinski definition) is 2. The average Bonchev–Trinajstić information content (AvgIpc) is 1.63. The maximum absolute atomic E-state index is 10.1. The SMILES string of the molecule is CCOC(=N)CC(N)=O.Cl. The number of nitrogens with one attached hydrogen (secondary N) is 1. The molecule has 60 valence electrons. The molecule has 0 aliphatic carbocycles. The van der Waals surface area contributed by atoms with Crippen LogP contribution in [0, 0.1) is 5.41 Å². The fourth-order valence-electron chi connectivity index (χ4n) is 0.384. The zero-order valence-electron chi connectivity index (χ0n) is 5.72. The van der Waals surface area contributed by atoms with Gasteiger partial charge < -0.3 is 10.5 Å². The molecule has 0 aromatic heterocycles.